The van der Waals surface area contributed by atoms with Gasteiger partial charge in [-0.3, -0.25) is 4.99 Å². The van der Waals surface area contributed by atoms with Crippen molar-refractivity contribution in [3.63, 3.8) is 0 Å². The van der Waals surface area contributed by atoms with Gasteiger partial charge in [0.05, 0.1) is 6.10 Å². The molecule has 0 amide bonds. The maximum Gasteiger partial charge on any atom is 0.0799 e. The first-order valence-electron chi connectivity index (χ1n) is 3.72. The Kier molecular flexibility index (Phi) is 2.63. The SMILES string of the molecule is CCC(O)C1=CCCN=C1. The van der Waals surface area contributed by atoms with E-state index in [4.69, 9.17) is 0 Å². The molecule has 1 aliphatic heterocycles. The lowest BCUT2D eigenvalue weighted by Gasteiger charge is -2.10. The van der Waals surface area contributed by atoms with E-state index in [1.54, 1.807) is 6.21 Å². The van der Waals surface area contributed by atoms with Crippen LogP contribution in [-0.2, 0) is 0 Å². The fourth-order valence-corrected chi connectivity index (χ4v) is 0.986. The Morgan fingerprint density at radius 2 is 2.60 bits per heavy atom. The maximum atomic E-state index is 9.32. The van der Waals surface area contributed by atoms with Crippen LogP contribution in [0.2, 0.25) is 0 Å². The minimum atomic E-state index is -0.302. The molecule has 2 heteroatoms. The highest BCUT2D eigenvalue weighted by Gasteiger charge is 2.06. The van der Waals surface area contributed by atoms with Crippen molar-refractivity contribution in [2.45, 2.75) is 25.9 Å². The lowest BCUT2D eigenvalue weighted by Crippen LogP contribution is -2.11. The summed E-state index contributed by atoms with van der Waals surface area (Å²) in [5, 5.41) is 9.32. The Labute approximate surface area is 61.3 Å². The molecule has 0 aliphatic carbocycles. The first-order valence-corrected chi connectivity index (χ1v) is 3.72. The van der Waals surface area contributed by atoms with Gasteiger partial charge in [-0.25, -0.2) is 0 Å². The zero-order valence-electron chi connectivity index (χ0n) is 6.25. The molecule has 0 saturated heterocycles. The summed E-state index contributed by atoms with van der Waals surface area (Å²) in [7, 11) is 0. The highest BCUT2D eigenvalue weighted by Crippen LogP contribution is 2.08. The minimum Gasteiger partial charge on any atom is -0.388 e. The van der Waals surface area contributed by atoms with Crippen molar-refractivity contribution in [2.75, 3.05) is 6.54 Å². The third-order valence-electron chi connectivity index (χ3n) is 1.65. The van der Waals surface area contributed by atoms with Crippen LogP contribution >= 0.6 is 0 Å². The normalized spacial score (nSPS) is 20.4. The number of nitrogens with zero attached hydrogens (tertiary/aromatic N) is 1. The summed E-state index contributed by atoms with van der Waals surface area (Å²) < 4.78 is 0. The van der Waals surface area contributed by atoms with Gasteiger partial charge in [0.25, 0.3) is 0 Å². The van der Waals surface area contributed by atoms with Crippen LogP contribution in [0, 0.1) is 0 Å². The topological polar surface area (TPSA) is 32.6 Å². The molecule has 1 aliphatic rings. The third-order valence-corrected chi connectivity index (χ3v) is 1.65. The molecule has 1 rings (SSSR count). The van der Waals surface area contributed by atoms with Crippen LogP contribution in [0.4, 0.5) is 0 Å². The molecule has 0 bridgehead atoms. The van der Waals surface area contributed by atoms with Gasteiger partial charge in [-0.1, -0.05) is 13.0 Å². The Balaban J connectivity index is 2.54. The molecular weight excluding hydrogens is 126 g/mol. The van der Waals surface area contributed by atoms with Crippen molar-refractivity contribution in [3.05, 3.63) is 11.6 Å². The number of hydrogen-bond donors (Lipinski definition) is 1. The summed E-state index contributed by atoms with van der Waals surface area (Å²) in [6.45, 7) is 2.84. The summed E-state index contributed by atoms with van der Waals surface area (Å²) in [5.41, 5.74) is 0.980. The largest absolute Gasteiger partial charge is 0.388 e. The Bertz CT molecular complexity index is 161. The van der Waals surface area contributed by atoms with Gasteiger partial charge < -0.3 is 5.11 Å². The third kappa shape index (κ3) is 1.67. The van der Waals surface area contributed by atoms with Gasteiger partial charge >= 0.3 is 0 Å². The summed E-state index contributed by atoms with van der Waals surface area (Å²) in [6.07, 6.45) is 5.28. The van der Waals surface area contributed by atoms with Crippen molar-refractivity contribution in [3.8, 4) is 0 Å². The molecule has 0 spiro atoms. The van der Waals surface area contributed by atoms with E-state index < -0.39 is 0 Å². The standard InChI is InChI=1S/C8H13NO/c1-2-8(10)7-4-3-5-9-6-7/h4,6,8,10H,2-3,5H2,1H3. The van der Waals surface area contributed by atoms with Gasteiger partial charge in [0.2, 0.25) is 0 Å². The van der Waals surface area contributed by atoms with E-state index in [9.17, 15) is 5.11 Å². The second kappa shape index (κ2) is 3.52. The van der Waals surface area contributed by atoms with E-state index in [1.165, 1.54) is 0 Å². The highest BCUT2D eigenvalue weighted by atomic mass is 16.3. The van der Waals surface area contributed by atoms with E-state index in [0.29, 0.717) is 0 Å². The van der Waals surface area contributed by atoms with Crippen molar-refractivity contribution in [1.82, 2.24) is 0 Å². The molecule has 56 valence electrons. The predicted octanol–water partition coefficient (Wildman–Crippen LogP) is 1.16. The molecule has 2 nitrogen and oxygen atoms in total. The second-order valence-corrected chi connectivity index (χ2v) is 2.45. The highest BCUT2D eigenvalue weighted by molar-refractivity contribution is 5.80. The smallest absolute Gasteiger partial charge is 0.0799 e. The van der Waals surface area contributed by atoms with Crippen LogP contribution in [0.1, 0.15) is 19.8 Å². The van der Waals surface area contributed by atoms with Crippen molar-refractivity contribution in [2.24, 2.45) is 4.99 Å². The van der Waals surface area contributed by atoms with E-state index in [1.807, 2.05) is 6.92 Å². The molecule has 1 heterocycles. The minimum absolute atomic E-state index is 0.302. The molecule has 1 unspecified atom stereocenters. The average molecular weight is 139 g/mol. The van der Waals surface area contributed by atoms with Crippen LogP contribution < -0.4 is 0 Å². The summed E-state index contributed by atoms with van der Waals surface area (Å²) in [6, 6.07) is 0. The molecule has 0 aromatic heterocycles. The molecule has 1 N–H and O–H groups in total. The van der Waals surface area contributed by atoms with E-state index in [2.05, 4.69) is 11.1 Å². The van der Waals surface area contributed by atoms with Gasteiger partial charge in [-0.15, -0.1) is 0 Å². The first kappa shape index (κ1) is 7.48. The monoisotopic (exact) mass is 139 g/mol. The zero-order chi connectivity index (χ0) is 7.40. The number of dihydropyridines is 1. The Hall–Kier alpha value is -0.630. The summed E-state index contributed by atoms with van der Waals surface area (Å²) >= 11 is 0. The molecular formula is C8H13NO. The van der Waals surface area contributed by atoms with E-state index >= 15 is 0 Å². The number of hydrogen-bond acceptors (Lipinski definition) is 2. The molecule has 0 fully saturated rings. The number of aliphatic imine (C=N–C) groups is 1. The molecule has 0 aromatic carbocycles. The summed E-state index contributed by atoms with van der Waals surface area (Å²) in [5.74, 6) is 0. The average Bonchev–Trinajstić information content (AvgIpc) is 2.05. The second-order valence-electron chi connectivity index (χ2n) is 2.45. The van der Waals surface area contributed by atoms with Crippen LogP contribution in [0.25, 0.3) is 0 Å². The number of aliphatic hydroxyl groups excluding tert-OH is 1. The van der Waals surface area contributed by atoms with E-state index in [0.717, 1.165) is 25.0 Å². The van der Waals surface area contributed by atoms with Gasteiger partial charge in [0.1, 0.15) is 0 Å². The van der Waals surface area contributed by atoms with Crippen molar-refractivity contribution in [1.29, 1.82) is 0 Å². The van der Waals surface area contributed by atoms with Crippen LogP contribution in [0.3, 0.4) is 0 Å². The van der Waals surface area contributed by atoms with Gasteiger partial charge in [0.15, 0.2) is 0 Å². The van der Waals surface area contributed by atoms with Crippen molar-refractivity contribution < 1.29 is 5.11 Å². The summed E-state index contributed by atoms with van der Waals surface area (Å²) in [4.78, 5) is 4.07. The molecule has 0 radical (unpaired) electrons. The zero-order valence-corrected chi connectivity index (χ0v) is 6.25. The fourth-order valence-electron chi connectivity index (χ4n) is 0.986. The van der Waals surface area contributed by atoms with E-state index in [-0.39, 0.29) is 6.10 Å². The van der Waals surface area contributed by atoms with Crippen LogP contribution in [0.5, 0.6) is 0 Å². The fraction of sp³-hybridized carbons (Fsp3) is 0.625. The molecule has 1 atom stereocenters. The lowest BCUT2D eigenvalue weighted by molar-refractivity contribution is 0.212. The molecule has 0 aromatic rings. The Morgan fingerprint density at radius 3 is 3.10 bits per heavy atom. The molecule has 0 saturated carbocycles. The van der Waals surface area contributed by atoms with Gasteiger partial charge in [-0.05, 0) is 18.4 Å². The van der Waals surface area contributed by atoms with Crippen molar-refractivity contribution >= 4 is 6.21 Å². The Morgan fingerprint density at radius 1 is 1.80 bits per heavy atom. The van der Waals surface area contributed by atoms with Crippen LogP contribution in [-0.4, -0.2) is 24.0 Å². The lowest BCUT2D eigenvalue weighted by atomic mass is 10.1. The number of rotatable bonds is 2. The maximum absolute atomic E-state index is 9.32. The van der Waals surface area contributed by atoms with Gasteiger partial charge in [-0.2, -0.15) is 0 Å². The molecule has 10 heavy (non-hydrogen) atoms. The number of aliphatic hydroxyl groups is 1. The quantitative estimate of drug-likeness (QED) is 0.611. The predicted molar refractivity (Wildman–Crippen MR) is 42.4 cm³/mol. The first-order chi connectivity index (χ1) is 4.84. The van der Waals surface area contributed by atoms with Gasteiger partial charge in [0, 0.05) is 12.8 Å². The van der Waals surface area contributed by atoms with Crippen LogP contribution in [0.15, 0.2) is 16.6 Å².